The summed E-state index contributed by atoms with van der Waals surface area (Å²) in [6.45, 7) is 1.90. The first-order valence-electron chi connectivity index (χ1n) is 8.20. The highest BCUT2D eigenvalue weighted by atomic mass is 16.1. The number of rotatable bonds is 4. The highest BCUT2D eigenvalue weighted by Gasteiger charge is 2.14. The summed E-state index contributed by atoms with van der Waals surface area (Å²) in [5, 5.41) is 11.8. The van der Waals surface area contributed by atoms with Crippen molar-refractivity contribution in [1.29, 1.82) is 5.26 Å². The van der Waals surface area contributed by atoms with Crippen molar-refractivity contribution in [1.82, 2.24) is 4.98 Å². The highest BCUT2D eigenvalue weighted by molar-refractivity contribution is 6.05. The Balaban J connectivity index is 1.98. The number of nitrogens with two attached hydrogens (primary N) is 1. The van der Waals surface area contributed by atoms with Crippen LogP contribution in [0.3, 0.4) is 0 Å². The Kier molecular flexibility index (Phi) is 5.07. The molecule has 1 heterocycles. The average molecular weight is 342 g/mol. The Hall–Kier alpha value is -3.49. The SMILES string of the molecule is CC(N)c1ccc(C(=O)Nc2ccncc2)cc1-c1ccc(C#N)cc1. The van der Waals surface area contributed by atoms with E-state index in [-0.39, 0.29) is 11.9 Å². The van der Waals surface area contributed by atoms with Crippen LogP contribution in [0.15, 0.2) is 67.0 Å². The molecule has 0 saturated heterocycles. The van der Waals surface area contributed by atoms with Crippen LogP contribution >= 0.6 is 0 Å². The quantitative estimate of drug-likeness (QED) is 0.752. The molecule has 0 bridgehead atoms. The van der Waals surface area contributed by atoms with E-state index in [2.05, 4.69) is 16.4 Å². The van der Waals surface area contributed by atoms with Crippen LogP contribution in [0.25, 0.3) is 11.1 Å². The van der Waals surface area contributed by atoms with E-state index in [1.165, 1.54) is 0 Å². The zero-order valence-corrected chi connectivity index (χ0v) is 14.3. The third-order valence-corrected chi connectivity index (χ3v) is 4.07. The van der Waals surface area contributed by atoms with Crippen LogP contribution in [-0.4, -0.2) is 10.9 Å². The third kappa shape index (κ3) is 3.77. The zero-order valence-electron chi connectivity index (χ0n) is 14.3. The number of anilines is 1. The van der Waals surface area contributed by atoms with Crippen molar-refractivity contribution in [2.24, 2.45) is 5.73 Å². The summed E-state index contributed by atoms with van der Waals surface area (Å²) < 4.78 is 0. The fourth-order valence-electron chi connectivity index (χ4n) is 2.71. The average Bonchev–Trinajstić information content (AvgIpc) is 2.68. The predicted molar refractivity (Wildman–Crippen MR) is 101 cm³/mol. The van der Waals surface area contributed by atoms with Gasteiger partial charge in [-0.1, -0.05) is 18.2 Å². The maximum absolute atomic E-state index is 12.6. The van der Waals surface area contributed by atoms with Gasteiger partial charge in [0.25, 0.3) is 5.91 Å². The molecule has 3 N–H and O–H groups in total. The lowest BCUT2D eigenvalue weighted by atomic mass is 9.93. The molecule has 1 amide bonds. The summed E-state index contributed by atoms with van der Waals surface area (Å²) in [6.07, 6.45) is 3.24. The van der Waals surface area contributed by atoms with Gasteiger partial charge in [0.05, 0.1) is 11.6 Å². The fourth-order valence-corrected chi connectivity index (χ4v) is 2.71. The molecule has 26 heavy (non-hydrogen) atoms. The molecule has 128 valence electrons. The van der Waals surface area contributed by atoms with Crippen molar-refractivity contribution < 1.29 is 4.79 Å². The van der Waals surface area contributed by atoms with Gasteiger partial charge in [0, 0.05) is 29.7 Å². The number of benzene rings is 2. The van der Waals surface area contributed by atoms with Crippen molar-refractivity contribution >= 4 is 11.6 Å². The number of pyridine rings is 1. The molecule has 0 spiro atoms. The number of nitriles is 1. The second-order valence-electron chi connectivity index (χ2n) is 5.97. The van der Waals surface area contributed by atoms with Crippen LogP contribution < -0.4 is 11.1 Å². The normalized spacial score (nSPS) is 11.4. The predicted octanol–water partition coefficient (Wildman–Crippen LogP) is 3.89. The molecule has 1 atom stereocenters. The molecule has 5 heteroatoms. The summed E-state index contributed by atoms with van der Waals surface area (Å²) in [5.41, 5.74) is 10.6. The summed E-state index contributed by atoms with van der Waals surface area (Å²) >= 11 is 0. The lowest BCUT2D eigenvalue weighted by Crippen LogP contribution is -2.13. The molecule has 0 aliphatic rings. The Bertz CT molecular complexity index is 958. The second-order valence-corrected chi connectivity index (χ2v) is 5.97. The van der Waals surface area contributed by atoms with Gasteiger partial charge in [-0.05, 0) is 60.0 Å². The van der Waals surface area contributed by atoms with Gasteiger partial charge < -0.3 is 11.1 Å². The van der Waals surface area contributed by atoms with Crippen LogP contribution in [0.5, 0.6) is 0 Å². The molecule has 5 nitrogen and oxygen atoms in total. The van der Waals surface area contributed by atoms with Crippen LogP contribution in [0.2, 0.25) is 0 Å². The number of amides is 1. The van der Waals surface area contributed by atoms with E-state index in [1.54, 1.807) is 42.7 Å². The van der Waals surface area contributed by atoms with Gasteiger partial charge in [-0.2, -0.15) is 5.26 Å². The smallest absolute Gasteiger partial charge is 0.255 e. The van der Waals surface area contributed by atoms with Crippen molar-refractivity contribution in [3.05, 3.63) is 83.7 Å². The van der Waals surface area contributed by atoms with Gasteiger partial charge in [0.15, 0.2) is 0 Å². The molecule has 0 fully saturated rings. The van der Waals surface area contributed by atoms with Crippen LogP contribution in [-0.2, 0) is 0 Å². The fraction of sp³-hybridized carbons (Fsp3) is 0.0952. The van der Waals surface area contributed by atoms with Gasteiger partial charge in [-0.25, -0.2) is 0 Å². The van der Waals surface area contributed by atoms with Gasteiger partial charge in [-0.15, -0.1) is 0 Å². The number of carbonyl (C=O) groups excluding carboxylic acids is 1. The molecule has 2 aromatic carbocycles. The van der Waals surface area contributed by atoms with Crippen LogP contribution in [0, 0.1) is 11.3 Å². The summed E-state index contributed by atoms with van der Waals surface area (Å²) in [5.74, 6) is -0.206. The van der Waals surface area contributed by atoms with Crippen LogP contribution in [0.4, 0.5) is 5.69 Å². The number of hydrogen-bond acceptors (Lipinski definition) is 4. The zero-order chi connectivity index (χ0) is 18.5. The molecule has 0 saturated carbocycles. The molecule has 0 radical (unpaired) electrons. The lowest BCUT2D eigenvalue weighted by Gasteiger charge is -2.15. The minimum Gasteiger partial charge on any atom is -0.324 e. The van der Waals surface area contributed by atoms with E-state index in [0.29, 0.717) is 16.8 Å². The van der Waals surface area contributed by atoms with Crippen LogP contribution in [0.1, 0.15) is 34.5 Å². The minimum absolute atomic E-state index is 0.182. The molecule has 0 aliphatic carbocycles. The second kappa shape index (κ2) is 7.60. The number of aromatic nitrogens is 1. The first-order chi connectivity index (χ1) is 12.6. The largest absolute Gasteiger partial charge is 0.324 e. The van der Waals surface area contributed by atoms with E-state index >= 15 is 0 Å². The molecular weight excluding hydrogens is 324 g/mol. The van der Waals surface area contributed by atoms with Crippen molar-refractivity contribution in [2.45, 2.75) is 13.0 Å². The number of carbonyl (C=O) groups is 1. The minimum atomic E-state index is -0.206. The van der Waals surface area contributed by atoms with Gasteiger partial charge in [-0.3, -0.25) is 9.78 Å². The molecular formula is C21H18N4O. The number of nitrogens with one attached hydrogen (secondary N) is 1. The molecule has 1 unspecified atom stereocenters. The van der Waals surface area contributed by atoms with Gasteiger partial charge >= 0.3 is 0 Å². The molecule has 3 rings (SSSR count). The maximum Gasteiger partial charge on any atom is 0.255 e. The van der Waals surface area contributed by atoms with Crippen molar-refractivity contribution in [2.75, 3.05) is 5.32 Å². The first-order valence-corrected chi connectivity index (χ1v) is 8.20. The highest BCUT2D eigenvalue weighted by Crippen LogP contribution is 2.29. The van der Waals surface area contributed by atoms with Crippen molar-refractivity contribution in [3.63, 3.8) is 0 Å². The molecule has 1 aromatic heterocycles. The van der Waals surface area contributed by atoms with Gasteiger partial charge in [0.1, 0.15) is 0 Å². The van der Waals surface area contributed by atoms with E-state index in [9.17, 15) is 4.79 Å². The Morgan fingerprint density at radius 2 is 1.81 bits per heavy atom. The van der Waals surface area contributed by atoms with E-state index < -0.39 is 0 Å². The molecule has 3 aromatic rings. The maximum atomic E-state index is 12.6. The summed E-state index contributed by atoms with van der Waals surface area (Å²) in [4.78, 5) is 16.5. The third-order valence-electron chi connectivity index (χ3n) is 4.07. The Morgan fingerprint density at radius 3 is 2.42 bits per heavy atom. The van der Waals surface area contributed by atoms with E-state index in [0.717, 1.165) is 16.7 Å². The monoisotopic (exact) mass is 342 g/mol. The Morgan fingerprint density at radius 1 is 1.12 bits per heavy atom. The standard InChI is InChI=1S/C21H18N4O/c1-14(23)19-7-6-17(21(26)25-18-8-10-24-11-9-18)12-20(19)16-4-2-15(13-22)3-5-16/h2-12,14H,23H2,1H3,(H,24,25,26). The summed E-state index contributed by atoms with van der Waals surface area (Å²) in [6, 6.07) is 18.1. The van der Waals surface area contributed by atoms with E-state index in [4.69, 9.17) is 11.0 Å². The van der Waals surface area contributed by atoms with E-state index in [1.807, 2.05) is 31.2 Å². The number of nitrogens with zero attached hydrogens (tertiary/aromatic N) is 2. The first kappa shape index (κ1) is 17.3. The lowest BCUT2D eigenvalue weighted by molar-refractivity contribution is 0.102. The topological polar surface area (TPSA) is 91.8 Å². The van der Waals surface area contributed by atoms with Crippen molar-refractivity contribution in [3.8, 4) is 17.2 Å². The summed E-state index contributed by atoms with van der Waals surface area (Å²) in [7, 11) is 0. The Labute approximate surface area is 152 Å². The molecule has 0 aliphatic heterocycles. The van der Waals surface area contributed by atoms with Gasteiger partial charge in [0.2, 0.25) is 0 Å². The number of hydrogen-bond donors (Lipinski definition) is 2.